The molecule has 0 radical (unpaired) electrons. The molecule has 0 saturated carbocycles. The number of unbranched alkanes of at least 4 members (excludes halogenated alkanes) is 1. The summed E-state index contributed by atoms with van der Waals surface area (Å²) in [5.41, 5.74) is 11.7. The zero-order valence-electron chi connectivity index (χ0n) is 13.4. The number of aryl methyl sites for hydroxylation is 1. The van der Waals surface area contributed by atoms with Crippen LogP contribution in [0.2, 0.25) is 0 Å². The van der Waals surface area contributed by atoms with Crippen molar-refractivity contribution in [2.45, 2.75) is 47.1 Å². The number of nitrogens with two attached hydrogens (primary N) is 1. The first-order chi connectivity index (χ1) is 9.97. The Kier molecular flexibility index (Phi) is 4.51. The topological polar surface area (TPSA) is 48.0 Å². The van der Waals surface area contributed by atoms with Crippen LogP contribution in [0.25, 0.3) is 11.1 Å². The van der Waals surface area contributed by atoms with Crippen molar-refractivity contribution in [3.63, 3.8) is 0 Å². The van der Waals surface area contributed by atoms with Gasteiger partial charge < -0.3 is 10.3 Å². The lowest BCUT2D eigenvalue weighted by Gasteiger charge is -2.09. The molecule has 0 aliphatic rings. The molecular formula is C18H24N2O. The van der Waals surface area contributed by atoms with Gasteiger partial charge in [0.1, 0.15) is 0 Å². The second-order valence-corrected chi connectivity index (χ2v) is 5.66. The van der Waals surface area contributed by atoms with E-state index < -0.39 is 0 Å². The molecule has 0 aliphatic carbocycles. The van der Waals surface area contributed by atoms with E-state index in [2.05, 4.69) is 49.6 Å². The first-order valence-electron chi connectivity index (χ1n) is 7.53. The number of benzene rings is 1. The van der Waals surface area contributed by atoms with Crippen LogP contribution in [0.4, 0.5) is 0 Å². The average Bonchev–Trinajstić information content (AvgIpc) is 2.69. The van der Waals surface area contributed by atoms with Crippen molar-refractivity contribution in [2.75, 3.05) is 0 Å². The van der Waals surface area contributed by atoms with Crippen molar-refractivity contribution >= 4 is 5.91 Å². The molecule has 0 saturated heterocycles. The number of nitrogens with zero attached hydrogens (tertiary/aromatic N) is 1. The van der Waals surface area contributed by atoms with E-state index in [1.54, 1.807) is 0 Å². The highest BCUT2D eigenvalue weighted by molar-refractivity contribution is 6.02. The van der Waals surface area contributed by atoms with Crippen LogP contribution in [0.3, 0.4) is 0 Å². The van der Waals surface area contributed by atoms with Gasteiger partial charge in [-0.25, -0.2) is 0 Å². The fourth-order valence-corrected chi connectivity index (χ4v) is 2.91. The molecule has 2 aromatic rings. The van der Waals surface area contributed by atoms with E-state index in [9.17, 15) is 4.79 Å². The molecule has 0 atom stereocenters. The van der Waals surface area contributed by atoms with Crippen molar-refractivity contribution in [3.05, 3.63) is 46.8 Å². The lowest BCUT2D eigenvalue weighted by Crippen LogP contribution is -2.13. The fourth-order valence-electron chi connectivity index (χ4n) is 2.91. The minimum atomic E-state index is -0.346. The van der Waals surface area contributed by atoms with Gasteiger partial charge >= 0.3 is 0 Å². The Bertz CT molecular complexity index is 651. The summed E-state index contributed by atoms with van der Waals surface area (Å²) in [6, 6.07) is 8.26. The molecular weight excluding hydrogens is 260 g/mol. The van der Waals surface area contributed by atoms with Gasteiger partial charge in [0, 0.05) is 23.5 Å². The van der Waals surface area contributed by atoms with Crippen LogP contribution in [-0.4, -0.2) is 10.5 Å². The summed E-state index contributed by atoms with van der Waals surface area (Å²) in [7, 11) is 0. The van der Waals surface area contributed by atoms with E-state index in [4.69, 9.17) is 5.73 Å². The van der Waals surface area contributed by atoms with Gasteiger partial charge in [-0.1, -0.05) is 43.2 Å². The van der Waals surface area contributed by atoms with Gasteiger partial charge in [-0.2, -0.15) is 0 Å². The van der Waals surface area contributed by atoms with E-state index in [1.807, 2.05) is 6.92 Å². The van der Waals surface area contributed by atoms with Gasteiger partial charge in [0.25, 0.3) is 5.91 Å². The van der Waals surface area contributed by atoms with Gasteiger partial charge in [0.05, 0.1) is 5.56 Å². The van der Waals surface area contributed by atoms with Gasteiger partial charge in [-0.3, -0.25) is 4.79 Å². The van der Waals surface area contributed by atoms with E-state index in [1.165, 1.54) is 5.56 Å². The van der Waals surface area contributed by atoms with Crippen LogP contribution >= 0.6 is 0 Å². The lowest BCUT2D eigenvalue weighted by atomic mass is 9.99. The van der Waals surface area contributed by atoms with Crippen molar-refractivity contribution in [1.82, 2.24) is 4.57 Å². The summed E-state index contributed by atoms with van der Waals surface area (Å²) >= 11 is 0. The van der Waals surface area contributed by atoms with E-state index >= 15 is 0 Å². The fraction of sp³-hybridized carbons (Fsp3) is 0.389. The molecule has 1 aromatic heterocycles. The minimum absolute atomic E-state index is 0.346. The molecule has 112 valence electrons. The van der Waals surface area contributed by atoms with Crippen LogP contribution in [0.15, 0.2) is 24.3 Å². The van der Waals surface area contributed by atoms with E-state index in [-0.39, 0.29) is 5.91 Å². The second kappa shape index (κ2) is 6.17. The summed E-state index contributed by atoms with van der Waals surface area (Å²) in [6.07, 6.45) is 2.23. The Morgan fingerprint density at radius 1 is 1.10 bits per heavy atom. The van der Waals surface area contributed by atoms with Crippen molar-refractivity contribution in [2.24, 2.45) is 5.73 Å². The highest BCUT2D eigenvalue weighted by Crippen LogP contribution is 2.32. The Morgan fingerprint density at radius 2 is 1.71 bits per heavy atom. The van der Waals surface area contributed by atoms with Crippen molar-refractivity contribution in [3.8, 4) is 11.1 Å². The highest BCUT2D eigenvalue weighted by atomic mass is 16.1. The molecule has 1 amide bonds. The average molecular weight is 284 g/mol. The van der Waals surface area contributed by atoms with Gasteiger partial charge in [-0.15, -0.1) is 0 Å². The molecule has 3 heteroatoms. The quantitative estimate of drug-likeness (QED) is 0.887. The maximum atomic E-state index is 11.9. The molecule has 0 fully saturated rings. The van der Waals surface area contributed by atoms with Crippen molar-refractivity contribution in [1.29, 1.82) is 0 Å². The molecule has 0 aliphatic heterocycles. The monoisotopic (exact) mass is 284 g/mol. The first-order valence-corrected chi connectivity index (χ1v) is 7.53. The van der Waals surface area contributed by atoms with E-state index in [0.717, 1.165) is 41.9 Å². The van der Waals surface area contributed by atoms with E-state index in [0.29, 0.717) is 5.56 Å². The third kappa shape index (κ3) is 2.87. The predicted molar refractivity (Wildman–Crippen MR) is 87.5 cm³/mol. The number of amides is 1. The Balaban J connectivity index is 2.63. The maximum absolute atomic E-state index is 11.9. The number of carbonyl (C=O) groups excluding carboxylic acids is 1. The van der Waals surface area contributed by atoms with Gasteiger partial charge in [0.2, 0.25) is 0 Å². The third-order valence-electron chi connectivity index (χ3n) is 4.11. The number of aromatic nitrogens is 1. The predicted octanol–water partition coefficient (Wildman–Crippen LogP) is 3.98. The van der Waals surface area contributed by atoms with Crippen LogP contribution in [0.5, 0.6) is 0 Å². The van der Waals surface area contributed by atoms with Gasteiger partial charge in [-0.05, 0) is 32.8 Å². The lowest BCUT2D eigenvalue weighted by molar-refractivity contribution is 0.1000. The number of primary amides is 1. The SMILES string of the molecule is CCCCn1c(C)c(C(N)=O)c(-c2ccc(C)cc2)c1C. The molecule has 1 heterocycles. The van der Waals surface area contributed by atoms with Crippen LogP contribution in [0.1, 0.15) is 47.1 Å². The Morgan fingerprint density at radius 3 is 2.24 bits per heavy atom. The summed E-state index contributed by atoms with van der Waals surface area (Å²) in [5, 5.41) is 0. The minimum Gasteiger partial charge on any atom is -0.366 e. The Hall–Kier alpha value is -2.03. The summed E-state index contributed by atoms with van der Waals surface area (Å²) in [6.45, 7) is 9.22. The number of hydrogen-bond donors (Lipinski definition) is 1. The third-order valence-corrected chi connectivity index (χ3v) is 4.11. The van der Waals surface area contributed by atoms with Crippen LogP contribution in [0, 0.1) is 20.8 Å². The summed E-state index contributed by atoms with van der Waals surface area (Å²) in [4.78, 5) is 11.9. The summed E-state index contributed by atoms with van der Waals surface area (Å²) in [5.74, 6) is -0.346. The van der Waals surface area contributed by atoms with Crippen molar-refractivity contribution < 1.29 is 4.79 Å². The number of rotatable bonds is 5. The maximum Gasteiger partial charge on any atom is 0.251 e. The first kappa shape index (κ1) is 15.4. The molecule has 0 spiro atoms. The van der Waals surface area contributed by atoms with Crippen LogP contribution < -0.4 is 5.73 Å². The smallest absolute Gasteiger partial charge is 0.251 e. The normalized spacial score (nSPS) is 10.9. The highest BCUT2D eigenvalue weighted by Gasteiger charge is 2.22. The number of carbonyl (C=O) groups is 1. The molecule has 0 unspecified atom stereocenters. The largest absolute Gasteiger partial charge is 0.366 e. The number of hydrogen-bond acceptors (Lipinski definition) is 1. The summed E-state index contributed by atoms with van der Waals surface area (Å²) < 4.78 is 2.22. The molecule has 1 aromatic carbocycles. The zero-order chi connectivity index (χ0) is 15.6. The zero-order valence-corrected chi connectivity index (χ0v) is 13.4. The molecule has 21 heavy (non-hydrogen) atoms. The molecule has 0 bridgehead atoms. The standard InChI is InChI=1S/C18H24N2O/c1-5-6-11-20-13(3)16(17(14(20)4)18(19)21)15-9-7-12(2)8-10-15/h7-10H,5-6,11H2,1-4H3,(H2,19,21). The van der Waals surface area contributed by atoms with Gasteiger partial charge in [0.15, 0.2) is 0 Å². The molecule has 2 N–H and O–H groups in total. The Labute approximate surface area is 126 Å². The molecule has 2 rings (SSSR count). The van der Waals surface area contributed by atoms with Crippen LogP contribution in [-0.2, 0) is 6.54 Å². The second-order valence-electron chi connectivity index (χ2n) is 5.66. The molecule has 3 nitrogen and oxygen atoms in total.